The summed E-state index contributed by atoms with van der Waals surface area (Å²) in [6.07, 6.45) is 9.11. The van der Waals surface area contributed by atoms with Gasteiger partial charge in [0.15, 0.2) is 11.5 Å². The highest BCUT2D eigenvalue weighted by atomic mass is 79.9. The molecule has 4 aliphatic carbocycles. The van der Waals surface area contributed by atoms with Gasteiger partial charge in [0.2, 0.25) is 5.91 Å². The molecule has 4 nitrogen and oxygen atoms in total. The van der Waals surface area contributed by atoms with Gasteiger partial charge in [0, 0.05) is 28.9 Å². The van der Waals surface area contributed by atoms with Gasteiger partial charge in [-0.05, 0) is 67.9 Å². The van der Waals surface area contributed by atoms with E-state index in [9.17, 15) is 4.79 Å². The van der Waals surface area contributed by atoms with E-state index in [0.717, 1.165) is 41.9 Å². The second-order valence-electron chi connectivity index (χ2n) is 9.05. The van der Waals surface area contributed by atoms with Crippen LogP contribution in [-0.2, 0) is 4.79 Å². The molecule has 2 unspecified atom stereocenters. The van der Waals surface area contributed by atoms with Crippen LogP contribution < -0.4 is 14.8 Å². The Labute approximate surface area is 163 Å². The van der Waals surface area contributed by atoms with Gasteiger partial charge < -0.3 is 14.8 Å². The summed E-state index contributed by atoms with van der Waals surface area (Å²) in [6, 6.07) is 5.70. The van der Waals surface area contributed by atoms with Crippen LogP contribution in [0.5, 0.6) is 11.5 Å². The zero-order valence-electron chi connectivity index (χ0n) is 15.1. The highest BCUT2D eigenvalue weighted by Gasteiger charge is 2.57. The second-order valence-corrected chi connectivity index (χ2v) is 10.7. The number of carbonyl (C=O) groups is 1. The Morgan fingerprint density at radius 1 is 1.12 bits per heavy atom. The molecule has 1 aliphatic heterocycles. The molecule has 1 aromatic carbocycles. The van der Waals surface area contributed by atoms with E-state index in [1.165, 1.54) is 32.1 Å². The first-order valence-electron chi connectivity index (χ1n) is 9.89. The van der Waals surface area contributed by atoms with Crippen molar-refractivity contribution in [3.63, 3.8) is 0 Å². The van der Waals surface area contributed by atoms with E-state index in [2.05, 4.69) is 21.2 Å². The number of alkyl halides is 1. The summed E-state index contributed by atoms with van der Waals surface area (Å²) in [5, 5.41) is 3.11. The van der Waals surface area contributed by atoms with Crippen LogP contribution in [0.2, 0.25) is 0 Å². The molecule has 5 aliphatic rings. The average Bonchev–Trinajstić information content (AvgIpc) is 2.76. The third-order valence-corrected chi connectivity index (χ3v) is 7.61. The molecule has 4 saturated carbocycles. The summed E-state index contributed by atoms with van der Waals surface area (Å²) in [4.78, 5) is 12.8. The van der Waals surface area contributed by atoms with Crippen LogP contribution in [-0.4, -0.2) is 23.4 Å². The first-order chi connectivity index (χ1) is 12.5. The summed E-state index contributed by atoms with van der Waals surface area (Å²) in [7, 11) is 0. The minimum atomic E-state index is 0.137. The second kappa shape index (κ2) is 6.15. The lowest BCUT2D eigenvalue weighted by Gasteiger charge is -2.60. The van der Waals surface area contributed by atoms with Gasteiger partial charge >= 0.3 is 0 Å². The van der Waals surface area contributed by atoms with Crippen LogP contribution in [0, 0.1) is 17.3 Å². The molecular weight excluding hydrogens is 394 g/mol. The van der Waals surface area contributed by atoms with Crippen LogP contribution in [0.1, 0.15) is 51.4 Å². The van der Waals surface area contributed by atoms with Gasteiger partial charge in [0.05, 0.1) is 13.2 Å². The van der Waals surface area contributed by atoms with E-state index in [-0.39, 0.29) is 11.3 Å². The monoisotopic (exact) mass is 419 g/mol. The third kappa shape index (κ3) is 3.12. The lowest BCUT2D eigenvalue weighted by molar-refractivity contribution is -0.123. The van der Waals surface area contributed by atoms with Gasteiger partial charge in [-0.3, -0.25) is 4.79 Å². The number of nitrogens with one attached hydrogen (secondary N) is 1. The molecule has 0 spiro atoms. The molecule has 5 heteroatoms. The van der Waals surface area contributed by atoms with Crippen molar-refractivity contribution in [1.82, 2.24) is 0 Å². The highest BCUT2D eigenvalue weighted by Crippen LogP contribution is 2.65. The number of hydrogen-bond donors (Lipinski definition) is 1. The molecule has 4 bridgehead atoms. The summed E-state index contributed by atoms with van der Waals surface area (Å²) in [5.74, 6) is 3.25. The molecule has 0 saturated heterocycles. The number of halogens is 1. The molecular formula is C21H26BrNO3. The summed E-state index contributed by atoms with van der Waals surface area (Å²) in [5.41, 5.74) is 1.00. The van der Waals surface area contributed by atoms with Crippen molar-refractivity contribution >= 4 is 27.5 Å². The number of ether oxygens (including phenoxy) is 2. The van der Waals surface area contributed by atoms with Gasteiger partial charge in [-0.15, -0.1) is 0 Å². The minimum absolute atomic E-state index is 0.137. The average molecular weight is 420 g/mol. The number of fused-ring (bicyclic) bond motifs is 1. The fourth-order valence-corrected chi connectivity index (χ4v) is 7.84. The number of hydrogen-bond acceptors (Lipinski definition) is 3. The molecule has 6 rings (SSSR count). The van der Waals surface area contributed by atoms with Gasteiger partial charge in [-0.2, -0.15) is 0 Å². The standard InChI is InChI=1S/C21H26BrNO3/c22-21-10-14-6-15(11-21)9-20(8-14,13-21)12-19(24)23-16-2-3-17-18(7-16)26-5-1-4-25-17/h2-3,7,14-15H,1,4-6,8-13H2,(H,23,24)/t14-,15+,20?,21?. The molecule has 140 valence electrons. The van der Waals surface area contributed by atoms with Crippen LogP contribution in [0.4, 0.5) is 5.69 Å². The van der Waals surface area contributed by atoms with E-state index in [4.69, 9.17) is 9.47 Å². The van der Waals surface area contributed by atoms with Crippen LogP contribution in [0.15, 0.2) is 18.2 Å². The van der Waals surface area contributed by atoms with Crippen molar-refractivity contribution in [2.75, 3.05) is 18.5 Å². The number of anilines is 1. The maximum absolute atomic E-state index is 12.8. The van der Waals surface area contributed by atoms with E-state index in [1.807, 2.05) is 18.2 Å². The normalized spacial score (nSPS) is 37.3. The SMILES string of the molecule is O=C(CC12C[C@@H]3C[C@@H](CC(Br)(C3)C1)C2)Nc1ccc2c(c1)OCCCO2. The number of rotatable bonds is 3. The van der Waals surface area contributed by atoms with E-state index in [0.29, 0.717) is 24.0 Å². The minimum Gasteiger partial charge on any atom is -0.490 e. The summed E-state index contributed by atoms with van der Waals surface area (Å²) in [6.45, 7) is 1.33. The van der Waals surface area contributed by atoms with Gasteiger partial charge in [-0.1, -0.05) is 15.9 Å². The van der Waals surface area contributed by atoms with Crippen molar-refractivity contribution in [3.8, 4) is 11.5 Å². The Morgan fingerprint density at radius 2 is 1.85 bits per heavy atom. The van der Waals surface area contributed by atoms with Crippen LogP contribution in [0.25, 0.3) is 0 Å². The van der Waals surface area contributed by atoms with Crippen LogP contribution >= 0.6 is 15.9 Å². The molecule has 4 fully saturated rings. The molecule has 4 atom stereocenters. The summed E-state index contributed by atoms with van der Waals surface area (Å²) < 4.78 is 11.7. The Hall–Kier alpha value is -1.23. The third-order valence-electron chi connectivity index (χ3n) is 6.68. The first-order valence-corrected chi connectivity index (χ1v) is 10.7. The van der Waals surface area contributed by atoms with Crippen molar-refractivity contribution in [1.29, 1.82) is 0 Å². The molecule has 1 aromatic rings. The Kier molecular flexibility index (Phi) is 4.00. The van der Waals surface area contributed by atoms with E-state index < -0.39 is 0 Å². The van der Waals surface area contributed by atoms with Crippen molar-refractivity contribution in [2.24, 2.45) is 17.3 Å². The Balaban J connectivity index is 1.29. The smallest absolute Gasteiger partial charge is 0.224 e. The Morgan fingerprint density at radius 3 is 2.58 bits per heavy atom. The molecule has 1 heterocycles. The number of benzene rings is 1. The largest absolute Gasteiger partial charge is 0.490 e. The van der Waals surface area contributed by atoms with Crippen molar-refractivity contribution < 1.29 is 14.3 Å². The topological polar surface area (TPSA) is 47.6 Å². The zero-order chi connectivity index (χ0) is 17.8. The van der Waals surface area contributed by atoms with Crippen LogP contribution in [0.3, 0.4) is 0 Å². The lowest BCUT2D eigenvalue weighted by atomic mass is 9.48. The molecule has 26 heavy (non-hydrogen) atoms. The number of amides is 1. The van der Waals surface area contributed by atoms with Gasteiger partial charge in [0.25, 0.3) is 0 Å². The fourth-order valence-electron chi connectivity index (χ4n) is 6.33. The number of carbonyl (C=O) groups excluding carboxylic acids is 1. The Bertz CT molecular complexity index is 720. The maximum atomic E-state index is 12.8. The van der Waals surface area contributed by atoms with E-state index in [1.54, 1.807) is 0 Å². The molecule has 1 N–H and O–H groups in total. The first kappa shape index (κ1) is 16.9. The highest BCUT2D eigenvalue weighted by molar-refractivity contribution is 9.10. The van der Waals surface area contributed by atoms with E-state index >= 15 is 0 Å². The van der Waals surface area contributed by atoms with Crippen molar-refractivity contribution in [3.05, 3.63) is 18.2 Å². The fraction of sp³-hybridized carbons (Fsp3) is 0.667. The van der Waals surface area contributed by atoms with Gasteiger partial charge in [0.1, 0.15) is 0 Å². The van der Waals surface area contributed by atoms with Gasteiger partial charge in [-0.25, -0.2) is 0 Å². The molecule has 1 amide bonds. The zero-order valence-corrected chi connectivity index (χ0v) is 16.6. The predicted octanol–water partition coefficient (Wildman–Crippen LogP) is 4.91. The predicted molar refractivity (Wildman–Crippen MR) is 104 cm³/mol. The molecule has 0 radical (unpaired) electrons. The summed E-state index contributed by atoms with van der Waals surface area (Å²) >= 11 is 4.04. The lowest BCUT2D eigenvalue weighted by Crippen LogP contribution is -2.53. The molecule has 0 aromatic heterocycles. The maximum Gasteiger partial charge on any atom is 0.224 e. The quantitative estimate of drug-likeness (QED) is 0.707. The van der Waals surface area contributed by atoms with Crippen molar-refractivity contribution in [2.45, 2.75) is 55.7 Å².